The molecule has 2 aromatic carbocycles. The lowest BCUT2D eigenvalue weighted by atomic mass is 10.2. The zero-order chi connectivity index (χ0) is 19.9. The molecular weight excluding hydrogens is 401 g/mol. The maximum Gasteiger partial charge on any atom is 0.357 e. The molecule has 0 aliphatic heterocycles. The Hall–Kier alpha value is -2.89. The summed E-state index contributed by atoms with van der Waals surface area (Å²) in [5.41, 5.74) is 1.62. The number of benzene rings is 2. The van der Waals surface area contributed by atoms with Crippen LogP contribution in [0.1, 0.15) is 32.1 Å². The highest BCUT2D eigenvalue weighted by Crippen LogP contribution is 2.13. The van der Waals surface area contributed by atoms with Gasteiger partial charge in [0, 0.05) is 10.0 Å². The number of hydrogen-bond donors (Lipinski definition) is 0. The van der Waals surface area contributed by atoms with Crippen LogP contribution in [0.4, 0.5) is 0 Å². The fraction of sp³-hybridized carbons (Fsp3) is 0.0952. The monoisotopic (exact) mass is 415 g/mol. The van der Waals surface area contributed by atoms with Gasteiger partial charge in [-0.25, -0.2) is 14.6 Å². The Morgan fingerprint density at radius 3 is 1.46 bits per heavy atom. The smallest absolute Gasteiger partial charge is 0.357 e. The van der Waals surface area contributed by atoms with Gasteiger partial charge in [-0.3, -0.25) is 0 Å². The number of rotatable bonds is 6. The summed E-state index contributed by atoms with van der Waals surface area (Å²) in [6.07, 6.45) is 0. The van der Waals surface area contributed by atoms with E-state index in [1.54, 1.807) is 54.6 Å². The fourth-order valence-corrected chi connectivity index (χ4v) is 2.52. The van der Waals surface area contributed by atoms with Crippen LogP contribution in [0.25, 0.3) is 0 Å². The molecule has 0 aliphatic rings. The Balaban J connectivity index is 1.58. The molecule has 142 valence electrons. The topological polar surface area (TPSA) is 65.5 Å². The Bertz CT molecular complexity index is 896. The Morgan fingerprint density at radius 2 is 1.07 bits per heavy atom. The van der Waals surface area contributed by atoms with Crippen molar-refractivity contribution in [2.75, 3.05) is 0 Å². The minimum absolute atomic E-state index is 0.0231. The summed E-state index contributed by atoms with van der Waals surface area (Å²) in [5.74, 6) is -1.27. The van der Waals surface area contributed by atoms with E-state index in [1.165, 1.54) is 12.1 Å². The molecule has 0 N–H and O–H groups in total. The molecule has 0 bridgehead atoms. The van der Waals surface area contributed by atoms with E-state index < -0.39 is 11.9 Å². The molecule has 3 aromatic rings. The molecule has 0 fully saturated rings. The highest BCUT2D eigenvalue weighted by molar-refractivity contribution is 6.30. The van der Waals surface area contributed by atoms with Gasteiger partial charge >= 0.3 is 11.9 Å². The Morgan fingerprint density at radius 1 is 0.679 bits per heavy atom. The first-order chi connectivity index (χ1) is 13.5. The molecule has 0 unspecified atom stereocenters. The SMILES string of the molecule is O=C(OCc1ccc(Cl)cc1)c1cccc(C(=O)OCc2ccc(Cl)cc2)n1. The van der Waals surface area contributed by atoms with E-state index in [0.717, 1.165) is 11.1 Å². The standard InChI is InChI=1S/C21H15Cl2NO4/c22-16-8-4-14(5-9-16)12-27-20(25)18-2-1-3-19(24-18)21(26)28-13-15-6-10-17(23)11-7-15/h1-11H,12-13H2. The third kappa shape index (κ3) is 5.55. The summed E-state index contributed by atoms with van der Waals surface area (Å²) >= 11 is 11.6. The van der Waals surface area contributed by atoms with Gasteiger partial charge in [0.2, 0.25) is 0 Å². The molecule has 28 heavy (non-hydrogen) atoms. The summed E-state index contributed by atoms with van der Waals surface area (Å²) in [6, 6.07) is 18.4. The van der Waals surface area contributed by atoms with Crippen molar-refractivity contribution < 1.29 is 19.1 Å². The first-order valence-corrected chi connectivity index (χ1v) is 9.07. The van der Waals surface area contributed by atoms with Gasteiger partial charge in [-0.2, -0.15) is 0 Å². The summed E-state index contributed by atoms with van der Waals surface area (Å²) in [5, 5.41) is 1.20. The molecule has 0 saturated heterocycles. The van der Waals surface area contributed by atoms with Crippen LogP contribution < -0.4 is 0 Å². The molecular formula is C21H15Cl2NO4. The second kappa shape index (κ2) is 9.35. The second-order valence-corrected chi connectivity index (χ2v) is 6.69. The van der Waals surface area contributed by atoms with Gasteiger partial charge in [0.15, 0.2) is 0 Å². The zero-order valence-corrected chi connectivity index (χ0v) is 16.1. The van der Waals surface area contributed by atoms with Crippen LogP contribution in [0.3, 0.4) is 0 Å². The van der Waals surface area contributed by atoms with Crippen LogP contribution >= 0.6 is 23.2 Å². The van der Waals surface area contributed by atoms with Crippen LogP contribution in [0, 0.1) is 0 Å². The van der Waals surface area contributed by atoms with E-state index in [4.69, 9.17) is 32.7 Å². The third-order valence-electron chi connectivity index (χ3n) is 3.73. The molecule has 1 heterocycles. The van der Waals surface area contributed by atoms with E-state index in [0.29, 0.717) is 10.0 Å². The average molecular weight is 416 g/mol. The van der Waals surface area contributed by atoms with Crippen molar-refractivity contribution in [1.82, 2.24) is 4.98 Å². The predicted molar refractivity (Wildman–Crippen MR) is 105 cm³/mol. The highest BCUT2D eigenvalue weighted by Gasteiger charge is 2.15. The quantitative estimate of drug-likeness (QED) is 0.523. The number of nitrogens with zero attached hydrogens (tertiary/aromatic N) is 1. The lowest BCUT2D eigenvalue weighted by Gasteiger charge is -2.07. The molecule has 0 saturated carbocycles. The van der Waals surface area contributed by atoms with Gasteiger partial charge < -0.3 is 9.47 Å². The first kappa shape index (κ1) is 19.9. The molecule has 0 radical (unpaired) electrons. The predicted octanol–water partition coefficient (Wildman–Crippen LogP) is 5.10. The van der Waals surface area contributed by atoms with Crippen molar-refractivity contribution in [2.45, 2.75) is 13.2 Å². The van der Waals surface area contributed by atoms with Crippen molar-refractivity contribution in [2.24, 2.45) is 0 Å². The molecule has 5 nitrogen and oxygen atoms in total. The minimum atomic E-state index is -0.637. The minimum Gasteiger partial charge on any atom is -0.456 e. The summed E-state index contributed by atoms with van der Waals surface area (Å²) in [4.78, 5) is 28.4. The zero-order valence-electron chi connectivity index (χ0n) is 14.6. The van der Waals surface area contributed by atoms with Crippen LogP contribution in [0.15, 0.2) is 66.7 Å². The van der Waals surface area contributed by atoms with E-state index in [9.17, 15) is 9.59 Å². The Labute approximate surface area is 171 Å². The lowest BCUT2D eigenvalue weighted by Crippen LogP contribution is -2.12. The van der Waals surface area contributed by atoms with Crippen molar-refractivity contribution in [3.63, 3.8) is 0 Å². The average Bonchev–Trinajstić information content (AvgIpc) is 2.72. The fourth-order valence-electron chi connectivity index (χ4n) is 2.27. The number of carbonyl (C=O) groups is 2. The van der Waals surface area contributed by atoms with Crippen LogP contribution in [-0.4, -0.2) is 16.9 Å². The molecule has 0 spiro atoms. The van der Waals surface area contributed by atoms with E-state index in [2.05, 4.69) is 4.98 Å². The number of ether oxygens (including phenoxy) is 2. The molecule has 0 amide bonds. The normalized spacial score (nSPS) is 10.4. The summed E-state index contributed by atoms with van der Waals surface area (Å²) < 4.78 is 10.4. The van der Waals surface area contributed by atoms with Crippen LogP contribution in [-0.2, 0) is 22.7 Å². The molecule has 1 aromatic heterocycles. The molecule has 0 aliphatic carbocycles. The largest absolute Gasteiger partial charge is 0.456 e. The number of hydrogen-bond acceptors (Lipinski definition) is 5. The number of esters is 2. The maximum atomic E-state index is 12.2. The van der Waals surface area contributed by atoms with Crippen molar-refractivity contribution in [3.8, 4) is 0 Å². The first-order valence-electron chi connectivity index (χ1n) is 8.31. The maximum absolute atomic E-state index is 12.2. The number of pyridine rings is 1. The van der Waals surface area contributed by atoms with Crippen molar-refractivity contribution in [3.05, 3.63) is 99.3 Å². The van der Waals surface area contributed by atoms with E-state index in [1.807, 2.05) is 0 Å². The number of carbonyl (C=O) groups excluding carboxylic acids is 2. The summed E-state index contributed by atoms with van der Waals surface area (Å²) in [6.45, 7) is 0.145. The second-order valence-electron chi connectivity index (χ2n) is 5.81. The Kier molecular flexibility index (Phi) is 6.63. The van der Waals surface area contributed by atoms with Gasteiger partial charge in [-0.1, -0.05) is 53.5 Å². The number of halogens is 2. The number of aromatic nitrogens is 1. The van der Waals surface area contributed by atoms with E-state index >= 15 is 0 Å². The molecule has 3 rings (SSSR count). The highest BCUT2D eigenvalue weighted by atomic mass is 35.5. The van der Waals surface area contributed by atoms with Crippen molar-refractivity contribution in [1.29, 1.82) is 0 Å². The van der Waals surface area contributed by atoms with Crippen LogP contribution in [0.5, 0.6) is 0 Å². The van der Waals surface area contributed by atoms with Gasteiger partial charge in [0.1, 0.15) is 24.6 Å². The van der Waals surface area contributed by atoms with Crippen molar-refractivity contribution >= 4 is 35.1 Å². The van der Waals surface area contributed by atoms with Gasteiger partial charge in [-0.15, -0.1) is 0 Å². The van der Waals surface area contributed by atoms with E-state index in [-0.39, 0.29) is 24.6 Å². The molecule has 0 atom stereocenters. The van der Waals surface area contributed by atoms with Gasteiger partial charge in [-0.05, 0) is 47.5 Å². The lowest BCUT2D eigenvalue weighted by molar-refractivity contribution is 0.0456. The van der Waals surface area contributed by atoms with Gasteiger partial charge in [0.25, 0.3) is 0 Å². The van der Waals surface area contributed by atoms with Crippen LogP contribution in [0.2, 0.25) is 10.0 Å². The summed E-state index contributed by atoms with van der Waals surface area (Å²) in [7, 11) is 0. The van der Waals surface area contributed by atoms with Gasteiger partial charge in [0.05, 0.1) is 0 Å². The molecule has 7 heteroatoms. The third-order valence-corrected chi connectivity index (χ3v) is 4.24.